The first-order valence-corrected chi connectivity index (χ1v) is 5.78. The third kappa shape index (κ3) is 2.46. The molecule has 1 nitrogen and oxygen atoms in total. The summed E-state index contributed by atoms with van der Waals surface area (Å²) in [6.45, 7) is 8.60. The molecule has 0 aromatic rings. The summed E-state index contributed by atoms with van der Waals surface area (Å²) in [4.78, 5) is 11.8. The van der Waals surface area contributed by atoms with Crippen LogP contribution in [0.15, 0.2) is 11.6 Å². The number of carbonyl (C=O) groups is 1. The molecule has 80 valence electrons. The molecule has 0 radical (unpaired) electrons. The Bertz CT molecular complexity index is 238. The second-order valence-corrected chi connectivity index (χ2v) is 4.81. The van der Waals surface area contributed by atoms with Crippen LogP contribution in [0.25, 0.3) is 0 Å². The highest BCUT2D eigenvalue weighted by atomic mass is 16.1. The first-order valence-electron chi connectivity index (χ1n) is 5.78. The highest BCUT2D eigenvalue weighted by Crippen LogP contribution is 2.34. The molecule has 0 amide bonds. The Morgan fingerprint density at radius 1 is 1.57 bits per heavy atom. The lowest BCUT2D eigenvalue weighted by atomic mass is 9.75. The molecular weight excluding hydrogens is 172 g/mol. The van der Waals surface area contributed by atoms with Crippen LogP contribution in [0, 0.1) is 17.8 Å². The van der Waals surface area contributed by atoms with E-state index in [1.165, 1.54) is 5.57 Å². The molecule has 1 aliphatic carbocycles. The Morgan fingerprint density at radius 3 is 2.71 bits per heavy atom. The van der Waals surface area contributed by atoms with Crippen molar-refractivity contribution in [2.24, 2.45) is 17.8 Å². The summed E-state index contributed by atoms with van der Waals surface area (Å²) >= 11 is 0. The zero-order valence-electron chi connectivity index (χ0n) is 9.84. The van der Waals surface area contributed by atoms with Gasteiger partial charge in [0.2, 0.25) is 0 Å². The van der Waals surface area contributed by atoms with E-state index in [1.54, 1.807) is 0 Å². The predicted octanol–water partition coefficient (Wildman–Crippen LogP) is 3.59. The molecule has 0 heterocycles. The van der Waals surface area contributed by atoms with Gasteiger partial charge in [-0.15, -0.1) is 0 Å². The number of allylic oxidation sites excluding steroid dienone is 2. The van der Waals surface area contributed by atoms with Gasteiger partial charge in [-0.25, -0.2) is 0 Å². The highest BCUT2D eigenvalue weighted by Gasteiger charge is 2.27. The fourth-order valence-corrected chi connectivity index (χ4v) is 2.32. The third-order valence-electron chi connectivity index (χ3n) is 3.20. The Morgan fingerprint density at radius 2 is 2.21 bits per heavy atom. The van der Waals surface area contributed by atoms with Gasteiger partial charge >= 0.3 is 0 Å². The number of ketones is 1. The summed E-state index contributed by atoms with van der Waals surface area (Å²) in [5.41, 5.74) is 1.38. The number of Topliss-reactive ketones (excluding diaryl/α,β-unsaturated/α-hetero) is 1. The van der Waals surface area contributed by atoms with E-state index < -0.39 is 0 Å². The molecule has 0 N–H and O–H groups in total. The lowest BCUT2D eigenvalue weighted by Gasteiger charge is -2.29. The van der Waals surface area contributed by atoms with E-state index >= 15 is 0 Å². The third-order valence-corrected chi connectivity index (χ3v) is 3.20. The molecule has 0 aliphatic heterocycles. The topological polar surface area (TPSA) is 17.1 Å². The van der Waals surface area contributed by atoms with E-state index in [0.29, 0.717) is 24.0 Å². The number of rotatable bonds is 3. The Hall–Kier alpha value is -0.590. The molecule has 2 atom stereocenters. The van der Waals surface area contributed by atoms with Crippen molar-refractivity contribution in [2.75, 3.05) is 0 Å². The summed E-state index contributed by atoms with van der Waals surface area (Å²) in [6.07, 6.45) is 5.20. The molecule has 2 unspecified atom stereocenters. The molecule has 0 saturated carbocycles. The summed E-state index contributed by atoms with van der Waals surface area (Å²) in [6, 6.07) is 0. The Kier molecular flexibility index (Phi) is 3.91. The van der Waals surface area contributed by atoms with Gasteiger partial charge in [0.25, 0.3) is 0 Å². The summed E-state index contributed by atoms with van der Waals surface area (Å²) in [5.74, 6) is 1.86. The Labute approximate surface area is 87.6 Å². The molecule has 1 aliphatic rings. The second-order valence-electron chi connectivity index (χ2n) is 4.81. The van der Waals surface area contributed by atoms with Gasteiger partial charge in [-0.2, -0.15) is 0 Å². The van der Waals surface area contributed by atoms with Gasteiger partial charge in [0.15, 0.2) is 0 Å². The van der Waals surface area contributed by atoms with Crippen LogP contribution in [0.1, 0.15) is 47.0 Å². The van der Waals surface area contributed by atoms with Crippen LogP contribution in [-0.4, -0.2) is 5.78 Å². The molecule has 0 aromatic carbocycles. The smallest absolute Gasteiger partial charge is 0.139 e. The van der Waals surface area contributed by atoms with E-state index in [0.717, 1.165) is 12.8 Å². The van der Waals surface area contributed by atoms with E-state index in [2.05, 4.69) is 26.8 Å². The van der Waals surface area contributed by atoms with Crippen molar-refractivity contribution >= 4 is 5.78 Å². The first kappa shape index (κ1) is 11.5. The van der Waals surface area contributed by atoms with Gasteiger partial charge in [-0.1, -0.05) is 39.3 Å². The average Bonchev–Trinajstić information content (AvgIpc) is 2.16. The zero-order valence-corrected chi connectivity index (χ0v) is 9.84. The van der Waals surface area contributed by atoms with Gasteiger partial charge in [0, 0.05) is 12.3 Å². The normalized spacial score (nSPS) is 27.6. The quantitative estimate of drug-likeness (QED) is 0.627. The van der Waals surface area contributed by atoms with E-state index in [-0.39, 0.29) is 5.92 Å². The van der Waals surface area contributed by atoms with Gasteiger partial charge < -0.3 is 0 Å². The van der Waals surface area contributed by atoms with Crippen molar-refractivity contribution < 1.29 is 4.79 Å². The van der Waals surface area contributed by atoms with Crippen LogP contribution < -0.4 is 0 Å². The maximum atomic E-state index is 11.8. The van der Waals surface area contributed by atoms with Crippen LogP contribution in [0.4, 0.5) is 0 Å². The Balaban J connectivity index is 2.83. The standard InChI is InChI=1S/C13H22O/c1-5-13(14)12-8-10(4)6-7-11(12)9(2)3/h7,9-10,12H,5-6,8H2,1-4H3. The molecule has 0 fully saturated rings. The predicted molar refractivity (Wildman–Crippen MR) is 60.1 cm³/mol. The van der Waals surface area contributed by atoms with Crippen LogP contribution in [0.5, 0.6) is 0 Å². The van der Waals surface area contributed by atoms with Crippen LogP contribution >= 0.6 is 0 Å². The van der Waals surface area contributed by atoms with Gasteiger partial charge in [0.05, 0.1) is 0 Å². The molecule has 0 aromatic heterocycles. The van der Waals surface area contributed by atoms with Crippen LogP contribution in [0.3, 0.4) is 0 Å². The highest BCUT2D eigenvalue weighted by molar-refractivity contribution is 5.83. The largest absolute Gasteiger partial charge is 0.299 e. The molecule has 0 bridgehead atoms. The fraction of sp³-hybridized carbons (Fsp3) is 0.769. The minimum atomic E-state index is 0.226. The summed E-state index contributed by atoms with van der Waals surface area (Å²) in [7, 11) is 0. The molecule has 0 saturated heterocycles. The first-order chi connectivity index (χ1) is 6.56. The monoisotopic (exact) mass is 194 g/mol. The maximum absolute atomic E-state index is 11.8. The number of carbonyl (C=O) groups excluding carboxylic acids is 1. The number of hydrogen-bond acceptors (Lipinski definition) is 1. The van der Waals surface area contributed by atoms with Crippen molar-refractivity contribution in [3.63, 3.8) is 0 Å². The van der Waals surface area contributed by atoms with E-state index in [1.807, 2.05) is 6.92 Å². The van der Waals surface area contributed by atoms with Crippen molar-refractivity contribution in [3.05, 3.63) is 11.6 Å². The van der Waals surface area contributed by atoms with Crippen molar-refractivity contribution in [2.45, 2.75) is 47.0 Å². The van der Waals surface area contributed by atoms with Crippen LogP contribution in [-0.2, 0) is 4.79 Å². The summed E-state index contributed by atoms with van der Waals surface area (Å²) < 4.78 is 0. The average molecular weight is 194 g/mol. The molecule has 14 heavy (non-hydrogen) atoms. The van der Waals surface area contributed by atoms with E-state index in [9.17, 15) is 4.79 Å². The molecular formula is C13H22O. The maximum Gasteiger partial charge on any atom is 0.139 e. The SMILES string of the molecule is CCC(=O)C1CC(C)CC=C1C(C)C. The second kappa shape index (κ2) is 4.77. The zero-order chi connectivity index (χ0) is 10.7. The minimum absolute atomic E-state index is 0.226. The van der Waals surface area contributed by atoms with Crippen molar-refractivity contribution in [1.82, 2.24) is 0 Å². The van der Waals surface area contributed by atoms with Crippen LogP contribution in [0.2, 0.25) is 0 Å². The molecule has 1 rings (SSSR count). The van der Waals surface area contributed by atoms with E-state index in [4.69, 9.17) is 0 Å². The minimum Gasteiger partial charge on any atom is -0.299 e. The molecule has 1 heteroatoms. The summed E-state index contributed by atoms with van der Waals surface area (Å²) in [5, 5.41) is 0. The molecule has 0 spiro atoms. The lowest BCUT2D eigenvalue weighted by Crippen LogP contribution is -2.24. The van der Waals surface area contributed by atoms with Crippen molar-refractivity contribution in [1.29, 1.82) is 0 Å². The van der Waals surface area contributed by atoms with Gasteiger partial charge in [-0.05, 0) is 24.7 Å². The van der Waals surface area contributed by atoms with Crippen molar-refractivity contribution in [3.8, 4) is 0 Å². The van der Waals surface area contributed by atoms with Gasteiger partial charge in [0.1, 0.15) is 5.78 Å². The lowest BCUT2D eigenvalue weighted by molar-refractivity contribution is -0.122. The number of hydrogen-bond donors (Lipinski definition) is 0. The van der Waals surface area contributed by atoms with Gasteiger partial charge in [-0.3, -0.25) is 4.79 Å². The fourth-order valence-electron chi connectivity index (χ4n) is 2.32.